The molecule has 0 saturated heterocycles. The van der Waals surface area contributed by atoms with E-state index in [1.165, 1.54) is 23.5 Å². The zero-order valence-electron chi connectivity index (χ0n) is 17.6. The Balaban J connectivity index is 1.20. The van der Waals surface area contributed by atoms with Crippen molar-refractivity contribution in [3.8, 4) is 0 Å². The molecule has 2 aliphatic heterocycles. The van der Waals surface area contributed by atoms with Crippen molar-refractivity contribution in [3.63, 3.8) is 0 Å². The first-order valence-corrected chi connectivity index (χ1v) is 15.0. The van der Waals surface area contributed by atoms with Gasteiger partial charge in [0, 0.05) is 32.7 Å². The van der Waals surface area contributed by atoms with Gasteiger partial charge in [-0.05, 0) is 48.5 Å². The molecule has 2 amide bonds. The van der Waals surface area contributed by atoms with E-state index >= 15 is 0 Å². The minimum atomic E-state index is -0.0263. The van der Waals surface area contributed by atoms with E-state index < -0.39 is 0 Å². The van der Waals surface area contributed by atoms with E-state index in [0.717, 1.165) is 54.5 Å². The number of thioether (sulfide) groups is 4. The zero-order chi connectivity index (χ0) is 22.9. The van der Waals surface area contributed by atoms with Crippen LogP contribution >= 0.6 is 58.8 Å². The monoisotopic (exact) mass is 534 g/mol. The molecule has 11 heteroatoms. The van der Waals surface area contributed by atoms with E-state index in [2.05, 4.69) is 20.6 Å². The molecule has 0 fully saturated rings. The summed E-state index contributed by atoms with van der Waals surface area (Å²) in [4.78, 5) is 35.1. The fraction of sp³-hybridized carbons (Fsp3) is 0.273. The summed E-state index contributed by atoms with van der Waals surface area (Å²) in [5, 5.41) is 5.85. The third kappa shape index (κ3) is 8.32. The van der Waals surface area contributed by atoms with Gasteiger partial charge < -0.3 is 10.6 Å². The molecule has 0 aromatic heterocycles. The van der Waals surface area contributed by atoms with Crippen LogP contribution in [0.1, 0.15) is 0 Å². The molecular formula is C22H22N4O2S5. The van der Waals surface area contributed by atoms with Crippen molar-refractivity contribution < 1.29 is 9.59 Å². The fourth-order valence-corrected chi connectivity index (χ4v) is 7.24. The van der Waals surface area contributed by atoms with E-state index in [-0.39, 0.29) is 11.8 Å². The van der Waals surface area contributed by atoms with Gasteiger partial charge in [-0.3, -0.25) is 19.6 Å². The quantitative estimate of drug-likeness (QED) is 0.470. The van der Waals surface area contributed by atoms with E-state index in [1.807, 2.05) is 48.5 Å². The molecule has 0 bridgehead atoms. The second kappa shape index (κ2) is 12.8. The number of carbonyl (C=O) groups is 2. The van der Waals surface area contributed by atoms with Gasteiger partial charge >= 0.3 is 0 Å². The summed E-state index contributed by atoms with van der Waals surface area (Å²) in [7, 11) is 0. The van der Waals surface area contributed by atoms with Crippen molar-refractivity contribution in [3.05, 3.63) is 48.5 Å². The molecule has 172 valence electrons. The van der Waals surface area contributed by atoms with Crippen molar-refractivity contribution in [2.24, 2.45) is 9.98 Å². The fourth-order valence-electron chi connectivity index (χ4n) is 2.80. The zero-order valence-corrected chi connectivity index (χ0v) is 21.7. The minimum absolute atomic E-state index is 0.0263. The first kappa shape index (κ1) is 24.6. The topological polar surface area (TPSA) is 82.9 Å². The Morgan fingerprint density at radius 3 is 1.52 bits per heavy atom. The van der Waals surface area contributed by atoms with Crippen LogP contribution in [0.3, 0.4) is 0 Å². The van der Waals surface area contributed by atoms with Gasteiger partial charge in [0.2, 0.25) is 11.8 Å². The molecule has 33 heavy (non-hydrogen) atoms. The maximum absolute atomic E-state index is 12.1. The second-order valence-corrected chi connectivity index (χ2v) is 12.6. The Morgan fingerprint density at radius 2 is 1.15 bits per heavy atom. The van der Waals surface area contributed by atoms with Gasteiger partial charge in [0.05, 0.1) is 24.6 Å². The highest BCUT2D eigenvalue weighted by atomic mass is 32.2. The maximum Gasteiger partial charge on any atom is 0.234 e. The lowest BCUT2D eigenvalue weighted by molar-refractivity contribution is -0.114. The molecule has 0 radical (unpaired) electrons. The predicted molar refractivity (Wildman–Crippen MR) is 149 cm³/mol. The molecular weight excluding hydrogens is 513 g/mol. The number of hydrogen-bond donors (Lipinski definition) is 2. The summed E-state index contributed by atoms with van der Waals surface area (Å²) in [5.74, 6) is 2.71. The van der Waals surface area contributed by atoms with Gasteiger partial charge in [-0.25, -0.2) is 0 Å². The van der Waals surface area contributed by atoms with E-state index in [0.29, 0.717) is 11.5 Å². The lowest BCUT2D eigenvalue weighted by Crippen LogP contribution is -2.14. The van der Waals surface area contributed by atoms with Crippen LogP contribution in [0.2, 0.25) is 0 Å². The summed E-state index contributed by atoms with van der Waals surface area (Å²) in [6, 6.07) is 15.6. The Kier molecular flexibility index (Phi) is 9.54. The second-order valence-electron chi connectivity index (χ2n) is 6.82. The number of nitrogens with one attached hydrogen (secondary N) is 2. The Morgan fingerprint density at radius 1 is 0.727 bits per heavy atom. The van der Waals surface area contributed by atoms with Gasteiger partial charge in [0.15, 0.2) is 0 Å². The van der Waals surface area contributed by atoms with Crippen LogP contribution in [0.4, 0.5) is 11.4 Å². The van der Waals surface area contributed by atoms with Crippen molar-refractivity contribution in [2.45, 2.75) is 9.79 Å². The van der Waals surface area contributed by atoms with Crippen LogP contribution in [-0.4, -0.2) is 56.7 Å². The summed E-state index contributed by atoms with van der Waals surface area (Å²) < 4.78 is 2.00. The largest absolute Gasteiger partial charge is 0.325 e. The Labute approximate surface area is 214 Å². The van der Waals surface area contributed by atoms with Crippen LogP contribution in [0.15, 0.2) is 68.3 Å². The maximum atomic E-state index is 12.1. The molecule has 2 heterocycles. The van der Waals surface area contributed by atoms with Crippen LogP contribution in [-0.2, 0) is 9.59 Å². The van der Waals surface area contributed by atoms with E-state index in [4.69, 9.17) is 0 Å². The molecule has 2 aliphatic rings. The lowest BCUT2D eigenvalue weighted by Gasteiger charge is -2.08. The number of rotatable bonds is 8. The number of aliphatic imine (C=N–C) groups is 2. The van der Waals surface area contributed by atoms with Crippen LogP contribution in [0.5, 0.6) is 0 Å². The number of carbonyl (C=O) groups excluding carboxylic acids is 2. The first-order valence-electron chi connectivity index (χ1n) is 10.2. The number of anilines is 2. The van der Waals surface area contributed by atoms with Crippen LogP contribution in [0.25, 0.3) is 0 Å². The molecule has 4 rings (SSSR count). The number of amides is 2. The highest BCUT2D eigenvalue weighted by Crippen LogP contribution is 2.30. The van der Waals surface area contributed by atoms with Gasteiger partial charge in [0.1, 0.15) is 8.75 Å². The van der Waals surface area contributed by atoms with Gasteiger partial charge in [-0.15, -0.1) is 0 Å². The normalized spacial score (nSPS) is 15.2. The van der Waals surface area contributed by atoms with Crippen LogP contribution in [0, 0.1) is 0 Å². The first-order chi connectivity index (χ1) is 16.1. The smallest absolute Gasteiger partial charge is 0.234 e. The summed E-state index contributed by atoms with van der Waals surface area (Å²) in [6.07, 6.45) is 0. The lowest BCUT2D eigenvalue weighted by atomic mass is 10.3. The SMILES string of the molecule is O=C(CSC1=NCCS1)Nc1ccc(Sc2ccc(NC(=O)CSC3=NCCS3)cc2)cc1. The van der Waals surface area contributed by atoms with Crippen molar-refractivity contribution in [1.82, 2.24) is 0 Å². The molecule has 0 atom stereocenters. The summed E-state index contributed by atoms with van der Waals surface area (Å²) >= 11 is 8.03. The van der Waals surface area contributed by atoms with Crippen molar-refractivity contribution in [2.75, 3.05) is 46.7 Å². The number of nitrogens with zero attached hydrogens (tertiary/aromatic N) is 2. The molecule has 2 aromatic rings. The average Bonchev–Trinajstić information content (AvgIpc) is 3.53. The van der Waals surface area contributed by atoms with Gasteiger partial charge in [-0.2, -0.15) is 0 Å². The average molecular weight is 535 g/mol. The Bertz CT molecular complexity index is 958. The molecule has 0 unspecified atom stereocenters. The molecule has 0 spiro atoms. The van der Waals surface area contributed by atoms with E-state index in [1.54, 1.807) is 35.3 Å². The third-order valence-corrected chi connectivity index (χ3v) is 9.80. The van der Waals surface area contributed by atoms with Crippen LogP contribution < -0.4 is 10.6 Å². The molecule has 0 aliphatic carbocycles. The van der Waals surface area contributed by atoms with E-state index in [9.17, 15) is 9.59 Å². The van der Waals surface area contributed by atoms with Crippen molar-refractivity contribution >= 4 is 90.8 Å². The minimum Gasteiger partial charge on any atom is -0.325 e. The van der Waals surface area contributed by atoms with Gasteiger partial charge in [0.25, 0.3) is 0 Å². The third-order valence-electron chi connectivity index (χ3n) is 4.28. The standard InChI is InChI=1S/C22H22N4O2S5/c27-19(13-31-21-23-9-11-29-21)25-15-1-5-17(6-2-15)33-18-7-3-16(4-8-18)26-20(28)14-32-22-24-10-12-30-22/h1-8H,9-14H2,(H,25,27)(H,26,28). The summed E-state index contributed by atoms with van der Waals surface area (Å²) in [5.41, 5.74) is 1.56. The number of hydrogen-bond acceptors (Lipinski definition) is 9. The Hall–Kier alpha value is -1.53. The highest BCUT2D eigenvalue weighted by Gasteiger charge is 2.12. The molecule has 2 aromatic carbocycles. The number of benzene rings is 2. The summed E-state index contributed by atoms with van der Waals surface area (Å²) in [6.45, 7) is 1.69. The van der Waals surface area contributed by atoms with Crippen molar-refractivity contribution in [1.29, 1.82) is 0 Å². The molecule has 6 nitrogen and oxygen atoms in total. The highest BCUT2D eigenvalue weighted by molar-refractivity contribution is 8.39. The molecule has 2 N–H and O–H groups in total. The molecule has 0 saturated carbocycles. The predicted octanol–water partition coefficient (Wildman–Crippen LogP) is 5.39. The van der Waals surface area contributed by atoms with Gasteiger partial charge in [-0.1, -0.05) is 58.8 Å².